The normalized spacial score (nSPS) is 16.4. The number of benzene rings is 1. The van der Waals surface area contributed by atoms with E-state index >= 15 is 0 Å². The van der Waals surface area contributed by atoms with Crippen LogP contribution in [0.1, 0.15) is 46.7 Å². The smallest absolute Gasteiger partial charge is 0.279 e. The van der Waals surface area contributed by atoms with Gasteiger partial charge in [0.2, 0.25) is 0 Å². The number of hydrogen-bond donors (Lipinski definition) is 3. The third-order valence-corrected chi connectivity index (χ3v) is 7.91. The molecule has 1 saturated heterocycles. The highest BCUT2D eigenvalue weighted by Gasteiger charge is 2.20. The lowest BCUT2D eigenvalue weighted by Gasteiger charge is -2.34. The molecule has 0 bridgehead atoms. The molecule has 9 nitrogen and oxygen atoms in total. The predicted molar refractivity (Wildman–Crippen MR) is 149 cm³/mol. The van der Waals surface area contributed by atoms with Crippen molar-refractivity contribution in [3.05, 3.63) is 64.2 Å². The Morgan fingerprint density at radius 2 is 1.89 bits per heavy atom. The van der Waals surface area contributed by atoms with Crippen LogP contribution in [0.3, 0.4) is 0 Å². The molecule has 0 radical (unpaired) electrons. The van der Waals surface area contributed by atoms with Gasteiger partial charge in [0.25, 0.3) is 11.8 Å². The topological polar surface area (TPSA) is 96.6 Å². The Hall–Kier alpha value is -3.63. The number of hydrazine groups is 1. The van der Waals surface area contributed by atoms with Crippen LogP contribution in [-0.4, -0.2) is 71.7 Å². The number of thiophene rings is 1. The highest BCUT2D eigenvalue weighted by molar-refractivity contribution is 7.20. The first-order valence-electron chi connectivity index (χ1n) is 12.7. The zero-order valence-corrected chi connectivity index (χ0v) is 22.3. The second-order valence-corrected chi connectivity index (χ2v) is 10.6. The van der Waals surface area contributed by atoms with Gasteiger partial charge in [-0.3, -0.25) is 25.1 Å². The number of aromatic nitrogens is 2. The summed E-state index contributed by atoms with van der Waals surface area (Å²) in [7, 11) is 2.13. The number of anilines is 2. The Balaban J connectivity index is 1.25. The number of hydrogen-bond acceptors (Lipinski definition) is 7. The summed E-state index contributed by atoms with van der Waals surface area (Å²) >= 11 is 1.32. The highest BCUT2D eigenvalue weighted by Crippen LogP contribution is 2.30. The van der Waals surface area contributed by atoms with Crippen molar-refractivity contribution in [1.82, 2.24) is 25.5 Å². The first-order valence-corrected chi connectivity index (χ1v) is 13.5. The quantitative estimate of drug-likeness (QED) is 0.405. The maximum atomic E-state index is 13.0. The Bertz CT molecular complexity index is 1350. The number of piperazine rings is 1. The van der Waals surface area contributed by atoms with Gasteiger partial charge in [0.05, 0.1) is 10.3 Å². The van der Waals surface area contributed by atoms with Gasteiger partial charge in [-0.05, 0) is 70.1 Å². The number of amides is 2. The van der Waals surface area contributed by atoms with E-state index in [0.29, 0.717) is 22.8 Å². The number of carbonyl (C=O) groups excluding carboxylic acids is 2. The summed E-state index contributed by atoms with van der Waals surface area (Å²) in [5.74, 6) is 0.00298. The predicted octanol–water partition coefficient (Wildman–Crippen LogP) is 4.22. The lowest BCUT2D eigenvalue weighted by molar-refractivity contribution is 0.0842. The van der Waals surface area contributed by atoms with E-state index in [1.807, 2.05) is 36.2 Å². The maximum Gasteiger partial charge on any atom is 0.279 e. The summed E-state index contributed by atoms with van der Waals surface area (Å²) in [5, 5.41) is 12.7. The maximum absolute atomic E-state index is 13.0. The number of H-pyrrole nitrogens is 1. The van der Waals surface area contributed by atoms with Crippen LogP contribution in [0.4, 0.5) is 11.5 Å². The van der Waals surface area contributed by atoms with Gasteiger partial charge < -0.3 is 15.1 Å². The average Bonchev–Trinajstić information content (AvgIpc) is 3.50. The van der Waals surface area contributed by atoms with E-state index in [0.717, 1.165) is 60.6 Å². The van der Waals surface area contributed by atoms with Crippen molar-refractivity contribution in [2.24, 2.45) is 0 Å². The van der Waals surface area contributed by atoms with Crippen LogP contribution in [0.25, 0.3) is 10.2 Å². The molecule has 194 valence electrons. The van der Waals surface area contributed by atoms with Gasteiger partial charge in [-0.15, -0.1) is 11.3 Å². The summed E-state index contributed by atoms with van der Waals surface area (Å²) < 4.78 is 0. The molecule has 0 unspecified atom stereocenters. The lowest BCUT2D eigenvalue weighted by atomic mass is 10.1. The van der Waals surface area contributed by atoms with E-state index in [4.69, 9.17) is 0 Å². The molecule has 3 aromatic rings. The van der Waals surface area contributed by atoms with Crippen molar-refractivity contribution in [1.29, 1.82) is 0 Å². The number of rotatable bonds is 7. The fraction of sp³-hybridized carbons (Fsp3) is 0.370. The zero-order chi connectivity index (χ0) is 25.9. The fourth-order valence-corrected chi connectivity index (χ4v) is 5.57. The van der Waals surface area contributed by atoms with Crippen LogP contribution in [-0.2, 0) is 0 Å². The number of likely N-dealkylation sites (N-methyl/N-ethyl adjacent to an activating group) is 1. The summed E-state index contributed by atoms with van der Waals surface area (Å²) in [5.41, 5.74) is 7.02. The van der Waals surface area contributed by atoms with Crippen molar-refractivity contribution in [2.75, 3.05) is 50.0 Å². The zero-order valence-electron chi connectivity index (χ0n) is 21.5. The van der Waals surface area contributed by atoms with Gasteiger partial charge in [-0.2, -0.15) is 5.10 Å². The second kappa shape index (κ2) is 10.8. The molecule has 2 aromatic heterocycles. The number of fused-ring (bicyclic) bond motifs is 1. The second-order valence-electron chi connectivity index (χ2n) is 9.52. The summed E-state index contributed by atoms with van der Waals surface area (Å²) in [4.78, 5) is 31.9. The minimum atomic E-state index is -0.236. The van der Waals surface area contributed by atoms with E-state index in [9.17, 15) is 9.59 Å². The van der Waals surface area contributed by atoms with Crippen molar-refractivity contribution in [2.45, 2.75) is 26.7 Å². The fourth-order valence-electron chi connectivity index (χ4n) is 4.68. The monoisotopic (exact) mass is 519 g/mol. The summed E-state index contributed by atoms with van der Waals surface area (Å²) in [6, 6.07) is 9.45. The Morgan fingerprint density at radius 1 is 1.14 bits per heavy atom. The van der Waals surface area contributed by atoms with Crippen molar-refractivity contribution < 1.29 is 9.59 Å². The molecular weight excluding hydrogens is 486 g/mol. The molecule has 5 rings (SSSR count). The molecular formula is C27H33N7O2S. The molecule has 1 fully saturated rings. The first-order chi connectivity index (χ1) is 17.9. The lowest BCUT2D eigenvalue weighted by Crippen LogP contribution is -2.44. The van der Waals surface area contributed by atoms with E-state index < -0.39 is 0 Å². The Labute approximate surface area is 220 Å². The molecule has 1 aliphatic carbocycles. The van der Waals surface area contributed by atoms with Crippen LogP contribution in [0.15, 0.2) is 53.8 Å². The number of allylic oxidation sites excluding steroid dienone is 4. The van der Waals surface area contributed by atoms with Gasteiger partial charge in [0.1, 0.15) is 4.83 Å². The van der Waals surface area contributed by atoms with E-state index in [2.05, 4.69) is 56.9 Å². The number of aromatic amines is 1. The largest absolute Gasteiger partial charge is 0.369 e. The molecule has 2 amide bonds. The van der Waals surface area contributed by atoms with E-state index in [1.165, 1.54) is 16.9 Å². The number of nitrogens with one attached hydrogen (secondary N) is 3. The van der Waals surface area contributed by atoms with Crippen LogP contribution in [0.2, 0.25) is 0 Å². The third-order valence-electron chi connectivity index (χ3n) is 6.87. The van der Waals surface area contributed by atoms with E-state index in [-0.39, 0.29) is 11.8 Å². The molecule has 2 aliphatic rings. The standard InChI is InChI=1S/C27H33N7O2S/c1-4-34(21-7-5-6-18(2)16-21)31-26(36)23-17-22-24(29-30-27(22)37-23)28-25(35)19-8-10-20(11-9-19)33-14-12-32(3)13-15-33/h6,8-11,16-17H,4-5,7,12-15H2,1-3H3,(H,31,36)(H2,28,29,30,35). The number of carbonyl (C=O) groups is 2. The van der Waals surface area contributed by atoms with E-state index in [1.54, 1.807) is 6.07 Å². The molecule has 10 heteroatoms. The average molecular weight is 520 g/mol. The van der Waals surface area contributed by atoms with Crippen LogP contribution >= 0.6 is 11.3 Å². The van der Waals surface area contributed by atoms with Crippen molar-refractivity contribution >= 4 is 44.9 Å². The number of nitrogens with zero attached hydrogens (tertiary/aromatic N) is 4. The van der Waals surface area contributed by atoms with Crippen LogP contribution in [0.5, 0.6) is 0 Å². The molecule has 0 saturated carbocycles. The molecule has 3 heterocycles. The third kappa shape index (κ3) is 5.55. The van der Waals surface area contributed by atoms with Gasteiger partial charge in [0, 0.05) is 49.7 Å². The van der Waals surface area contributed by atoms with Crippen molar-refractivity contribution in [3.8, 4) is 0 Å². The van der Waals surface area contributed by atoms with Gasteiger partial charge in [0.15, 0.2) is 5.82 Å². The molecule has 0 atom stereocenters. The Kier molecular flexibility index (Phi) is 7.29. The Morgan fingerprint density at radius 3 is 2.59 bits per heavy atom. The summed E-state index contributed by atoms with van der Waals surface area (Å²) in [6.07, 6.45) is 6.18. The molecule has 1 aliphatic heterocycles. The minimum absolute atomic E-state index is 0.179. The molecule has 0 spiro atoms. The van der Waals surface area contributed by atoms with Crippen LogP contribution < -0.4 is 15.6 Å². The van der Waals surface area contributed by atoms with Gasteiger partial charge in [-0.25, -0.2) is 0 Å². The summed E-state index contributed by atoms with van der Waals surface area (Å²) in [6.45, 7) is 8.78. The molecule has 37 heavy (non-hydrogen) atoms. The van der Waals surface area contributed by atoms with Crippen LogP contribution in [0, 0.1) is 0 Å². The SMILES string of the molecule is CCN(NC(=O)c1cc2c(NC(=O)c3ccc(N4CCN(C)CC4)cc3)n[nH]c2s1)C1=CC(C)=CCC1. The van der Waals surface area contributed by atoms with Crippen molar-refractivity contribution in [3.63, 3.8) is 0 Å². The highest BCUT2D eigenvalue weighted by atomic mass is 32.1. The minimum Gasteiger partial charge on any atom is -0.369 e. The molecule has 3 N–H and O–H groups in total. The van der Waals surface area contributed by atoms with Gasteiger partial charge >= 0.3 is 0 Å². The molecule has 1 aromatic carbocycles. The first kappa shape index (κ1) is 25.0. The van der Waals surface area contributed by atoms with Gasteiger partial charge in [-0.1, -0.05) is 11.6 Å².